The van der Waals surface area contributed by atoms with Crippen LogP contribution in [-0.2, 0) is 11.0 Å². The molecule has 1 unspecified atom stereocenters. The Balaban J connectivity index is 3.40. The smallest absolute Gasteiger partial charge is 0.145 e. The lowest BCUT2D eigenvalue weighted by Crippen LogP contribution is -2.15. The summed E-state index contributed by atoms with van der Waals surface area (Å²) in [5, 5.41) is 17.4. The summed E-state index contributed by atoms with van der Waals surface area (Å²) < 4.78 is 14.6. The lowest BCUT2D eigenvalue weighted by Gasteiger charge is -2.09. The van der Waals surface area contributed by atoms with Crippen molar-refractivity contribution in [3.8, 4) is 5.75 Å². The SMILES string of the molecule is CC(=N)c1cc(/C(N)=N/S(C)=O)c(O)cc1C. The molecule has 0 aliphatic heterocycles. The number of nitrogens with two attached hydrogens (primary N) is 1. The Morgan fingerprint density at radius 2 is 2.06 bits per heavy atom. The third kappa shape index (κ3) is 3.13. The number of hydrogen-bond acceptors (Lipinski definition) is 3. The molecule has 1 aromatic rings. The van der Waals surface area contributed by atoms with Gasteiger partial charge in [0.2, 0.25) is 0 Å². The zero-order valence-corrected chi connectivity index (χ0v) is 10.8. The topological polar surface area (TPSA) is 99.5 Å². The Hall–Kier alpha value is -1.69. The maximum Gasteiger partial charge on any atom is 0.145 e. The van der Waals surface area contributed by atoms with Crippen molar-refractivity contribution in [2.45, 2.75) is 13.8 Å². The van der Waals surface area contributed by atoms with Gasteiger partial charge in [-0.15, -0.1) is 0 Å². The molecule has 0 fully saturated rings. The molecule has 0 heterocycles. The van der Waals surface area contributed by atoms with Gasteiger partial charge in [-0.05, 0) is 37.1 Å². The first-order valence-electron chi connectivity index (χ1n) is 4.90. The molecule has 92 valence electrons. The van der Waals surface area contributed by atoms with Crippen molar-refractivity contribution in [1.82, 2.24) is 0 Å². The van der Waals surface area contributed by atoms with E-state index in [0.29, 0.717) is 16.8 Å². The first-order chi connectivity index (χ1) is 7.82. The minimum Gasteiger partial charge on any atom is -0.507 e. The number of benzene rings is 1. The zero-order chi connectivity index (χ0) is 13.2. The molecule has 0 amide bonds. The highest BCUT2D eigenvalue weighted by Crippen LogP contribution is 2.22. The summed E-state index contributed by atoms with van der Waals surface area (Å²) >= 11 is 0. The molecule has 0 aromatic heterocycles. The molecule has 0 spiro atoms. The molecule has 5 nitrogen and oxygen atoms in total. The molecule has 17 heavy (non-hydrogen) atoms. The van der Waals surface area contributed by atoms with Crippen molar-refractivity contribution in [3.05, 3.63) is 28.8 Å². The molecular formula is C11H15N3O2S. The number of hydrogen-bond donors (Lipinski definition) is 3. The van der Waals surface area contributed by atoms with Crippen LogP contribution in [0, 0.1) is 12.3 Å². The monoisotopic (exact) mass is 253 g/mol. The van der Waals surface area contributed by atoms with Gasteiger partial charge >= 0.3 is 0 Å². The van der Waals surface area contributed by atoms with E-state index in [2.05, 4.69) is 4.40 Å². The number of nitrogens with one attached hydrogen (secondary N) is 1. The molecule has 0 aliphatic carbocycles. The number of amidine groups is 1. The maximum absolute atomic E-state index is 10.9. The Morgan fingerprint density at radius 1 is 1.47 bits per heavy atom. The number of phenolic OH excluding ortho intramolecular Hbond substituents is 1. The fraction of sp³-hybridized carbons (Fsp3) is 0.273. The van der Waals surface area contributed by atoms with Crippen LogP contribution in [-0.4, -0.2) is 27.1 Å². The predicted octanol–water partition coefficient (Wildman–Crippen LogP) is 1.09. The molecule has 0 saturated carbocycles. The second-order valence-corrected chi connectivity index (χ2v) is 4.74. The lowest BCUT2D eigenvalue weighted by molar-refractivity contribution is 0.473. The number of nitrogens with zero attached hydrogens (tertiary/aromatic N) is 1. The van der Waals surface area contributed by atoms with Crippen LogP contribution in [0.5, 0.6) is 5.75 Å². The van der Waals surface area contributed by atoms with Crippen molar-refractivity contribution in [1.29, 1.82) is 5.41 Å². The Labute approximate surface area is 102 Å². The molecular weight excluding hydrogens is 238 g/mol. The normalized spacial score (nSPS) is 13.5. The fourth-order valence-corrected chi connectivity index (χ4v) is 1.86. The van der Waals surface area contributed by atoms with E-state index in [1.165, 1.54) is 12.3 Å². The summed E-state index contributed by atoms with van der Waals surface area (Å²) in [5.41, 5.74) is 7.77. The van der Waals surface area contributed by atoms with Crippen LogP contribution in [0.1, 0.15) is 23.6 Å². The highest BCUT2D eigenvalue weighted by molar-refractivity contribution is 7.83. The molecule has 1 aromatic carbocycles. The van der Waals surface area contributed by atoms with Crippen molar-refractivity contribution in [2.24, 2.45) is 10.1 Å². The second kappa shape index (κ2) is 5.09. The summed E-state index contributed by atoms with van der Waals surface area (Å²) in [6.45, 7) is 3.44. The van der Waals surface area contributed by atoms with E-state index in [4.69, 9.17) is 11.1 Å². The number of aromatic hydroxyl groups is 1. The van der Waals surface area contributed by atoms with Gasteiger partial charge in [0.05, 0.1) is 5.56 Å². The minimum atomic E-state index is -1.43. The van der Waals surface area contributed by atoms with Gasteiger partial charge in [-0.2, -0.15) is 4.40 Å². The molecule has 0 aliphatic rings. The first kappa shape index (κ1) is 13.4. The summed E-state index contributed by atoms with van der Waals surface area (Å²) in [6.07, 6.45) is 1.39. The lowest BCUT2D eigenvalue weighted by atomic mass is 10.0. The van der Waals surface area contributed by atoms with Gasteiger partial charge < -0.3 is 16.2 Å². The van der Waals surface area contributed by atoms with Crippen LogP contribution < -0.4 is 5.73 Å². The van der Waals surface area contributed by atoms with Crippen molar-refractivity contribution < 1.29 is 9.32 Å². The largest absolute Gasteiger partial charge is 0.507 e. The fourth-order valence-electron chi connectivity index (χ4n) is 1.49. The van der Waals surface area contributed by atoms with Crippen LogP contribution in [0.15, 0.2) is 16.5 Å². The molecule has 0 bridgehead atoms. The van der Waals surface area contributed by atoms with Crippen LogP contribution >= 0.6 is 0 Å². The van der Waals surface area contributed by atoms with Gasteiger partial charge in [0, 0.05) is 12.0 Å². The highest BCUT2D eigenvalue weighted by atomic mass is 32.2. The molecule has 1 rings (SSSR count). The maximum atomic E-state index is 10.9. The van der Waals surface area contributed by atoms with E-state index >= 15 is 0 Å². The predicted molar refractivity (Wildman–Crippen MR) is 70.1 cm³/mol. The van der Waals surface area contributed by atoms with Crippen molar-refractivity contribution in [2.75, 3.05) is 6.26 Å². The van der Waals surface area contributed by atoms with Gasteiger partial charge in [-0.25, -0.2) is 4.21 Å². The standard InChI is InChI=1S/C11H15N3O2S/c1-6-4-10(15)9(5-8(6)7(2)12)11(13)14-17(3)16/h4-5,12,15H,1-3H3,(H2,13,14). The second-order valence-electron chi connectivity index (χ2n) is 3.71. The molecule has 6 heteroatoms. The third-order valence-electron chi connectivity index (χ3n) is 2.25. The van der Waals surface area contributed by atoms with Crippen LogP contribution in [0.2, 0.25) is 0 Å². The Kier molecular flexibility index (Phi) is 4.01. The number of phenols is 1. The molecule has 4 N–H and O–H groups in total. The first-order valence-corrected chi connectivity index (χ1v) is 6.41. The highest BCUT2D eigenvalue weighted by Gasteiger charge is 2.11. The molecule has 1 atom stereocenters. The van der Waals surface area contributed by atoms with Gasteiger partial charge in [-0.1, -0.05) is 0 Å². The Morgan fingerprint density at radius 3 is 2.53 bits per heavy atom. The zero-order valence-electron chi connectivity index (χ0n) is 9.94. The van der Waals surface area contributed by atoms with Gasteiger partial charge in [-0.3, -0.25) is 0 Å². The van der Waals surface area contributed by atoms with Crippen LogP contribution in [0.25, 0.3) is 0 Å². The van der Waals surface area contributed by atoms with E-state index in [1.54, 1.807) is 19.9 Å². The van der Waals surface area contributed by atoms with Crippen molar-refractivity contribution in [3.63, 3.8) is 0 Å². The van der Waals surface area contributed by atoms with E-state index in [0.717, 1.165) is 5.56 Å². The summed E-state index contributed by atoms with van der Waals surface area (Å²) in [7, 11) is -1.43. The van der Waals surface area contributed by atoms with Crippen LogP contribution in [0.3, 0.4) is 0 Å². The van der Waals surface area contributed by atoms with Crippen molar-refractivity contribution >= 4 is 22.5 Å². The Bertz CT molecular complexity index is 524. The number of aryl methyl sites for hydroxylation is 1. The van der Waals surface area contributed by atoms with E-state index in [1.807, 2.05) is 0 Å². The average Bonchev–Trinajstić information content (AvgIpc) is 2.15. The van der Waals surface area contributed by atoms with E-state index in [9.17, 15) is 9.32 Å². The minimum absolute atomic E-state index is 0.00540. The summed E-state index contributed by atoms with van der Waals surface area (Å²) in [6, 6.07) is 3.10. The molecule has 0 radical (unpaired) electrons. The molecule has 0 saturated heterocycles. The van der Waals surface area contributed by atoms with E-state index in [-0.39, 0.29) is 11.6 Å². The third-order valence-corrected chi connectivity index (χ3v) is 2.70. The average molecular weight is 253 g/mol. The quantitative estimate of drug-likeness (QED) is 0.555. The summed E-state index contributed by atoms with van der Waals surface area (Å²) in [5.74, 6) is -0.0231. The van der Waals surface area contributed by atoms with Crippen LogP contribution in [0.4, 0.5) is 0 Å². The van der Waals surface area contributed by atoms with E-state index < -0.39 is 11.0 Å². The van der Waals surface area contributed by atoms with Gasteiger partial charge in [0.1, 0.15) is 22.6 Å². The van der Waals surface area contributed by atoms with Gasteiger partial charge in [0.25, 0.3) is 0 Å². The summed E-state index contributed by atoms with van der Waals surface area (Å²) in [4.78, 5) is 0. The number of rotatable bonds is 3. The van der Waals surface area contributed by atoms with Gasteiger partial charge in [0.15, 0.2) is 0 Å².